The topological polar surface area (TPSA) is 113 Å². The van der Waals surface area contributed by atoms with E-state index in [1.54, 1.807) is 18.2 Å². The highest BCUT2D eigenvalue weighted by atomic mass is 16.7. The number of amides is 1. The summed E-state index contributed by atoms with van der Waals surface area (Å²) in [6.07, 6.45) is -1.07. The summed E-state index contributed by atoms with van der Waals surface area (Å²) in [4.78, 5) is 21.7. The van der Waals surface area contributed by atoms with Crippen LogP contribution in [0.2, 0.25) is 0 Å². The van der Waals surface area contributed by atoms with Crippen molar-refractivity contribution in [3.63, 3.8) is 0 Å². The van der Waals surface area contributed by atoms with Crippen LogP contribution in [0.4, 0.5) is 4.79 Å². The van der Waals surface area contributed by atoms with Crippen molar-refractivity contribution < 1.29 is 14.6 Å². The Labute approximate surface area is 88.3 Å². The fourth-order valence-electron chi connectivity index (χ4n) is 1.32. The minimum atomic E-state index is -1.07. The molecule has 0 aliphatic carbocycles. The number of ether oxygens (including phenoxy) is 1. The summed E-state index contributed by atoms with van der Waals surface area (Å²) < 4.78 is 4.56. The van der Waals surface area contributed by atoms with Gasteiger partial charge in [0.25, 0.3) is 0 Å². The number of nitro groups is 1. The van der Waals surface area contributed by atoms with Crippen molar-refractivity contribution in [2.24, 2.45) is 5.73 Å². The highest BCUT2D eigenvalue weighted by Crippen LogP contribution is 2.24. The molecule has 0 bridgehead atoms. The Morgan fingerprint density at radius 1 is 1.50 bits per heavy atom. The van der Waals surface area contributed by atoms with Gasteiger partial charge < -0.3 is 20.6 Å². The summed E-state index contributed by atoms with van der Waals surface area (Å²) in [6.45, 7) is 0. The number of fused-ring (bicyclic) bond motifs is 1. The minimum absolute atomic E-state index is 0.181. The SMILES string of the molecule is NC(=O)Oc1nn([N+](=O)[O-])c2ccccc12. The second kappa shape index (κ2) is 3.50. The third-order valence-corrected chi connectivity index (χ3v) is 1.89. The second-order valence-corrected chi connectivity index (χ2v) is 2.87. The molecule has 82 valence electrons. The monoisotopic (exact) mass is 222 g/mol. The van der Waals surface area contributed by atoms with E-state index in [2.05, 4.69) is 9.84 Å². The Morgan fingerprint density at radius 3 is 2.81 bits per heavy atom. The zero-order valence-corrected chi connectivity index (χ0v) is 7.86. The van der Waals surface area contributed by atoms with Gasteiger partial charge in [-0.05, 0) is 12.1 Å². The predicted molar refractivity (Wildman–Crippen MR) is 52.3 cm³/mol. The normalized spacial score (nSPS) is 10.2. The van der Waals surface area contributed by atoms with Gasteiger partial charge in [0.2, 0.25) is 0 Å². The van der Waals surface area contributed by atoms with Gasteiger partial charge in [0.15, 0.2) is 0 Å². The lowest BCUT2D eigenvalue weighted by Gasteiger charge is -1.91. The van der Waals surface area contributed by atoms with E-state index in [9.17, 15) is 14.9 Å². The van der Waals surface area contributed by atoms with Crippen LogP contribution in [0, 0.1) is 10.1 Å². The molecule has 1 heterocycles. The van der Waals surface area contributed by atoms with Gasteiger partial charge in [-0.1, -0.05) is 12.1 Å². The number of carbonyl (C=O) groups is 1. The van der Waals surface area contributed by atoms with E-state index < -0.39 is 11.1 Å². The number of nitrogens with zero attached hydrogens (tertiary/aromatic N) is 3. The number of rotatable bonds is 2. The van der Waals surface area contributed by atoms with Gasteiger partial charge >= 0.3 is 12.0 Å². The maximum atomic E-state index is 10.6. The molecule has 0 saturated carbocycles. The molecule has 1 aromatic heterocycles. The molecule has 0 radical (unpaired) electrons. The van der Waals surface area contributed by atoms with Crippen molar-refractivity contribution in [3.8, 4) is 5.88 Å². The Kier molecular flexibility index (Phi) is 2.16. The zero-order valence-electron chi connectivity index (χ0n) is 7.86. The van der Waals surface area contributed by atoms with Crippen molar-refractivity contribution >= 4 is 17.0 Å². The fraction of sp³-hybridized carbons (Fsp3) is 0. The number of carbonyl (C=O) groups excluding carboxylic acids is 1. The molecule has 1 amide bonds. The quantitative estimate of drug-likeness (QED) is 0.588. The second-order valence-electron chi connectivity index (χ2n) is 2.87. The molecule has 2 rings (SSSR count). The molecular weight excluding hydrogens is 216 g/mol. The Hall–Kier alpha value is -2.64. The molecular formula is C8H6N4O4. The summed E-state index contributed by atoms with van der Waals surface area (Å²) >= 11 is 0. The number of aromatic nitrogens is 2. The lowest BCUT2D eigenvalue weighted by atomic mass is 10.2. The first kappa shape index (κ1) is 9.90. The molecule has 16 heavy (non-hydrogen) atoms. The summed E-state index contributed by atoms with van der Waals surface area (Å²) in [5.74, 6) is -0.181. The molecule has 8 heteroatoms. The highest BCUT2D eigenvalue weighted by molar-refractivity contribution is 5.86. The summed E-state index contributed by atoms with van der Waals surface area (Å²) in [7, 11) is 0. The van der Waals surface area contributed by atoms with Crippen LogP contribution >= 0.6 is 0 Å². The molecule has 0 aliphatic heterocycles. The summed E-state index contributed by atoms with van der Waals surface area (Å²) in [5, 5.41) is 13.8. The van der Waals surface area contributed by atoms with Gasteiger partial charge in [-0.25, -0.2) is 4.79 Å². The molecule has 0 unspecified atom stereocenters. The van der Waals surface area contributed by atoms with Crippen molar-refractivity contribution in [3.05, 3.63) is 34.4 Å². The predicted octanol–water partition coefficient (Wildman–Crippen LogP) is 0.534. The van der Waals surface area contributed by atoms with E-state index in [0.29, 0.717) is 10.2 Å². The number of benzene rings is 1. The average molecular weight is 222 g/mol. The van der Waals surface area contributed by atoms with Crippen molar-refractivity contribution in [2.45, 2.75) is 0 Å². The largest absolute Gasteiger partial charge is 0.412 e. The van der Waals surface area contributed by atoms with Gasteiger partial charge in [0.1, 0.15) is 5.52 Å². The van der Waals surface area contributed by atoms with E-state index in [1.807, 2.05) is 0 Å². The van der Waals surface area contributed by atoms with Gasteiger partial charge in [0, 0.05) is 4.79 Å². The van der Waals surface area contributed by atoms with E-state index in [4.69, 9.17) is 5.73 Å². The summed E-state index contributed by atoms with van der Waals surface area (Å²) in [6, 6.07) is 6.28. The van der Waals surface area contributed by atoms with Crippen LogP contribution in [-0.4, -0.2) is 21.0 Å². The number of primary amides is 1. The third kappa shape index (κ3) is 1.52. The number of hydrogen-bond acceptors (Lipinski definition) is 5. The Morgan fingerprint density at radius 2 is 2.19 bits per heavy atom. The number of hydrogen-bond donors (Lipinski definition) is 1. The summed E-state index contributed by atoms with van der Waals surface area (Å²) in [5.41, 5.74) is 5.05. The minimum Gasteiger partial charge on any atom is -0.368 e. The zero-order chi connectivity index (χ0) is 11.7. The van der Waals surface area contributed by atoms with Crippen molar-refractivity contribution in [1.82, 2.24) is 9.89 Å². The van der Waals surface area contributed by atoms with Crippen LogP contribution in [-0.2, 0) is 0 Å². The van der Waals surface area contributed by atoms with Crippen LogP contribution in [0.1, 0.15) is 0 Å². The lowest BCUT2D eigenvalue weighted by molar-refractivity contribution is -0.548. The fourth-order valence-corrected chi connectivity index (χ4v) is 1.32. The van der Waals surface area contributed by atoms with Crippen LogP contribution < -0.4 is 10.5 Å². The molecule has 8 nitrogen and oxygen atoms in total. The highest BCUT2D eigenvalue weighted by Gasteiger charge is 2.21. The molecule has 2 N–H and O–H groups in total. The van der Waals surface area contributed by atoms with Gasteiger partial charge in [0.05, 0.1) is 15.5 Å². The maximum Gasteiger partial charge on any atom is 0.412 e. The van der Waals surface area contributed by atoms with Crippen LogP contribution in [0.25, 0.3) is 10.9 Å². The van der Waals surface area contributed by atoms with Crippen LogP contribution in [0.15, 0.2) is 24.3 Å². The first-order chi connectivity index (χ1) is 7.59. The standard InChI is InChI=1S/C8H6N4O4/c9-8(13)16-7-5-3-1-2-4-6(5)11(10-7)12(14)15/h1-4H,(H2,9,13). The maximum absolute atomic E-state index is 10.6. The van der Waals surface area contributed by atoms with Gasteiger partial charge in [-0.2, -0.15) is 0 Å². The molecule has 0 spiro atoms. The Balaban J connectivity index is 2.66. The third-order valence-electron chi connectivity index (χ3n) is 1.89. The van der Waals surface area contributed by atoms with E-state index in [0.717, 1.165) is 0 Å². The van der Waals surface area contributed by atoms with Gasteiger partial charge in [-0.15, -0.1) is 0 Å². The molecule has 0 saturated heterocycles. The average Bonchev–Trinajstić information content (AvgIpc) is 2.57. The van der Waals surface area contributed by atoms with Crippen LogP contribution in [0.5, 0.6) is 5.88 Å². The molecule has 0 atom stereocenters. The van der Waals surface area contributed by atoms with Gasteiger partial charge in [-0.3, -0.25) is 0 Å². The van der Waals surface area contributed by atoms with E-state index >= 15 is 0 Å². The smallest absolute Gasteiger partial charge is 0.368 e. The first-order valence-electron chi connectivity index (χ1n) is 4.19. The first-order valence-corrected chi connectivity index (χ1v) is 4.19. The van der Waals surface area contributed by atoms with E-state index in [1.165, 1.54) is 6.07 Å². The molecule has 0 fully saturated rings. The molecule has 0 aliphatic rings. The number of nitrogens with two attached hydrogens (primary N) is 1. The van der Waals surface area contributed by atoms with Crippen molar-refractivity contribution in [1.29, 1.82) is 0 Å². The van der Waals surface area contributed by atoms with E-state index in [-0.39, 0.29) is 11.4 Å². The molecule has 2 aromatic rings. The Bertz CT molecular complexity index is 576. The van der Waals surface area contributed by atoms with Crippen LogP contribution in [0.3, 0.4) is 0 Å². The van der Waals surface area contributed by atoms with Crippen molar-refractivity contribution in [2.75, 3.05) is 0 Å². The lowest BCUT2D eigenvalue weighted by Crippen LogP contribution is -2.17. The number of para-hydroxylation sites is 1. The molecule has 1 aromatic carbocycles.